The summed E-state index contributed by atoms with van der Waals surface area (Å²) >= 11 is 6.15. The third-order valence-corrected chi connectivity index (χ3v) is 5.81. The van der Waals surface area contributed by atoms with Gasteiger partial charge in [0.1, 0.15) is 24.2 Å². The summed E-state index contributed by atoms with van der Waals surface area (Å²) in [7, 11) is 1.82. The molecule has 1 saturated heterocycles. The first-order valence-electron chi connectivity index (χ1n) is 10.7. The summed E-state index contributed by atoms with van der Waals surface area (Å²) in [5.74, 6) is 0.146. The van der Waals surface area contributed by atoms with E-state index < -0.39 is 5.79 Å². The zero-order valence-corrected chi connectivity index (χ0v) is 19.6. The molecule has 1 atom stereocenters. The SMILES string of the molecule is Cn1c(C(=O)Nc2ccc(Cl)cc2-c2nnn[nH]2)cc2cccc(OC[C@H]3COC(C)(C)O3)c21. The number of rotatable bonds is 6. The van der Waals surface area contributed by atoms with Gasteiger partial charge in [-0.1, -0.05) is 23.7 Å². The number of ether oxygens (including phenoxy) is 3. The van der Waals surface area contributed by atoms with Gasteiger partial charge in [-0.05, 0) is 54.6 Å². The van der Waals surface area contributed by atoms with Crippen molar-refractivity contribution in [3.05, 3.63) is 53.2 Å². The van der Waals surface area contributed by atoms with Crippen LogP contribution in [0.5, 0.6) is 5.75 Å². The number of fused-ring (bicyclic) bond motifs is 1. The number of aromatic amines is 1. The Kier molecular flexibility index (Phi) is 5.72. The number of anilines is 1. The Morgan fingerprint density at radius 3 is 2.91 bits per heavy atom. The Balaban J connectivity index is 1.40. The number of carbonyl (C=O) groups excluding carboxylic acids is 1. The molecule has 2 aromatic heterocycles. The fourth-order valence-corrected chi connectivity index (χ4v) is 4.19. The highest BCUT2D eigenvalue weighted by Crippen LogP contribution is 2.32. The van der Waals surface area contributed by atoms with Gasteiger partial charge < -0.3 is 24.1 Å². The third-order valence-electron chi connectivity index (χ3n) is 5.57. The number of nitrogens with zero attached hydrogens (tertiary/aromatic N) is 4. The van der Waals surface area contributed by atoms with Crippen molar-refractivity contribution < 1.29 is 19.0 Å². The molecular formula is C23H23ClN6O4. The maximum atomic E-state index is 13.3. The summed E-state index contributed by atoms with van der Waals surface area (Å²) in [4.78, 5) is 13.3. The highest BCUT2D eigenvalue weighted by atomic mass is 35.5. The van der Waals surface area contributed by atoms with Gasteiger partial charge in [-0.2, -0.15) is 0 Å². The van der Waals surface area contributed by atoms with E-state index in [4.69, 9.17) is 25.8 Å². The zero-order chi connectivity index (χ0) is 23.9. The van der Waals surface area contributed by atoms with Gasteiger partial charge in [0.05, 0.1) is 17.8 Å². The fourth-order valence-electron chi connectivity index (χ4n) is 4.02. The summed E-state index contributed by atoms with van der Waals surface area (Å²) in [5.41, 5.74) is 2.37. The second-order valence-electron chi connectivity index (χ2n) is 8.44. The molecule has 176 valence electrons. The predicted octanol–water partition coefficient (Wildman–Crippen LogP) is 3.79. The number of carbonyl (C=O) groups is 1. The van der Waals surface area contributed by atoms with Gasteiger partial charge in [0.25, 0.3) is 5.91 Å². The molecule has 34 heavy (non-hydrogen) atoms. The van der Waals surface area contributed by atoms with Crippen molar-refractivity contribution in [2.24, 2.45) is 7.05 Å². The number of benzene rings is 2. The minimum Gasteiger partial charge on any atom is -0.489 e. The molecule has 1 fully saturated rings. The monoisotopic (exact) mass is 482 g/mol. The molecule has 0 spiro atoms. The minimum atomic E-state index is -0.613. The van der Waals surface area contributed by atoms with E-state index >= 15 is 0 Å². The molecule has 11 heteroatoms. The molecule has 2 aromatic carbocycles. The number of hydrogen-bond acceptors (Lipinski definition) is 7. The molecule has 5 rings (SSSR count). The van der Waals surface area contributed by atoms with Crippen LogP contribution in [0, 0.1) is 0 Å². The van der Waals surface area contributed by atoms with Crippen LogP contribution in [0.25, 0.3) is 22.3 Å². The first kappa shape index (κ1) is 22.3. The fraction of sp³-hybridized carbons (Fsp3) is 0.304. The smallest absolute Gasteiger partial charge is 0.272 e. The van der Waals surface area contributed by atoms with Gasteiger partial charge >= 0.3 is 0 Å². The lowest BCUT2D eigenvalue weighted by atomic mass is 10.1. The van der Waals surface area contributed by atoms with Crippen molar-refractivity contribution >= 4 is 34.1 Å². The highest BCUT2D eigenvalue weighted by molar-refractivity contribution is 6.31. The van der Waals surface area contributed by atoms with Gasteiger partial charge in [-0.15, -0.1) is 5.10 Å². The Morgan fingerprint density at radius 2 is 2.18 bits per heavy atom. The molecule has 1 aliphatic rings. The van der Waals surface area contributed by atoms with Crippen LogP contribution >= 0.6 is 11.6 Å². The largest absolute Gasteiger partial charge is 0.489 e. The van der Waals surface area contributed by atoms with Crippen LogP contribution in [0.3, 0.4) is 0 Å². The van der Waals surface area contributed by atoms with Crippen LogP contribution in [0.2, 0.25) is 5.02 Å². The molecule has 0 saturated carbocycles. The van der Waals surface area contributed by atoms with E-state index in [1.54, 1.807) is 18.2 Å². The first-order chi connectivity index (χ1) is 16.3. The number of nitrogens with one attached hydrogen (secondary N) is 2. The number of aromatic nitrogens is 5. The van der Waals surface area contributed by atoms with Crippen molar-refractivity contribution in [2.75, 3.05) is 18.5 Å². The molecule has 0 bridgehead atoms. The van der Waals surface area contributed by atoms with E-state index in [0.717, 1.165) is 10.9 Å². The number of para-hydroxylation sites is 1. The van der Waals surface area contributed by atoms with E-state index in [1.807, 2.05) is 49.7 Å². The van der Waals surface area contributed by atoms with Crippen LogP contribution < -0.4 is 10.1 Å². The molecule has 0 unspecified atom stereocenters. The average molecular weight is 483 g/mol. The number of hydrogen-bond donors (Lipinski definition) is 2. The summed E-state index contributed by atoms with van der Waals surface area (Å²) < 4.78 is 19.3. The van der Waals surface area contributed by atoms with Gasteiger partial charge in [0.15, 0.2) is 11.6 Å². The van der Waals surface area contributed by atoms with Crippen molar-refractivity contribution in [1.82, 2.24) is 25.2 Å². The molecule has 2 N–H and O–H groups in total. The van der Waals surface area contributed by atoms with E-state index in [-0.39, 0.29) is 12.0 Å². The van der Waals surface area contributed by atoms with E-state index in [1.165, 1.54) is 0 Å². The lowest BCUT2D eigenvalue weighted by Gasteiger charge is -2.17. The quantitative estimate of drug-likeness (QED) is 0.429. The summed E-state index contributed by atoms with van der Waals surface area (Å²) in [5, 5.41) is 18.1. The van der Waals surface area contributed by atoms with E-state index in [9.17, 15) is 4.79 Å². The second kappa shape index (κ2) is 8.71. The Bertz CT molecular complexity index is 1350. The summed E-state index contributed by atoms with van der Waals surface area (Å²) in [6, 6.07) is 12.6. The number of H-pyrrole nitrogens is 1. The molecule has 4 aromatic rings. The van der Waals surface area contributed by atoms with Gasteiger partial charge in [-0.3, -0.25) is 4.79 Å². The van der Waals surface area contributed by atoms with Crippen LogP contribution in [-0.2, 0) is 16.5 Å². The summed E-state index contributed by atoms with van der Waals surface area (Å²) in [6.07, 6.45) is -0.165. The van der Waals surface area contributed by atoms with Crippen molar-refractivity contribution in [3.8, 4) is 17.1 Å². The number of tetrazole rings is 1. The van der Waals surface area contributed by atoms with E-state index in [2.05, 4.69) is 25.9 Å². The van der Waals surface area contributed by atoms with Crippen LogP contribution in [0.15, 0.2) is 42.5 Å². The topological polar surface area (TPSA) is 116 Å². The molecule has 3 heterocycles. The maximum absolute atomic E-state index is 13.3. The van der Waals surface area contributed by atoms with Gasteiger partial charge in [-0.25, -0.2) is 5.10 Å². The van der Waals surface area contributed by atoms with Crippen molar-refractivity contribution in [3.63, 3.8) is 0 Å². The highest BCUT2D eigenvalue weighted by Gasteiger charge is 2.33. The van der Waals surface area contributed by atoms with Crippen molar-refractivity contribution in [2.45, 2.75) is 25.7 Å². The maximum Gasteiger partial charge on any atom is 0.272 e. The van der Waals surface area contributed by atoms with Crippen LogP contribution in [-0.4, -0.2) is 56.2 Å². The first-order valence-corrected chi connectivity index (χ1v) is 11.1. The number of amides is 1. The minimum absolute atomic E-state index is 0.165. The lowest BCUT2D eigenvalue weighted by molar-refractivity contribution is -0.141. The average Bonchev–Trinajstić information content (AvgIpc) is 3.53. The Labute approximate surface area is 200 Å². The van der Waals surface area contributed by atoms with Gasteiger partial charge in [0, 0.05) is 23.0 Å². The molecule has 0 radical (unpaired) electrons. The standard InChI is InChI=1S/C23H23ClN6O4/c1-23(2)33-12-15(34-23)11-32-19-6-4-5-13-9-18(30(3)20(13)19)22(31)25-17-8-7-14(24)10-16(17)21-26-28-29-27-21/h4-10,15H,11-12H2,1-3H3,(H,25,31)(H,26,27,28,29)/t15-/m0/s1. The van der Waals surface area contributed by atoms with Crippen LogP contribution in [0.1, 0.15) is 24.3 Å². The zero-order valence-electron chi connectivity index (χ0n) is 18.8. The Morgan fingerprint density at radius 1 is 1.32 bits per heavy atom. The molecule has 1 amide bonds. The van der Waals surface area contributed by atoms with Crippen LogP contribution in [0.4, 0.5) is 5.69 Å². The lowest BCUT2D eigenvalue weighted by Crippen LogP contribution is -2.25. The number of aryl methyl sites for hydroxylation is 1. The Hall–Kier alpha value is -3.47. The normalized spacial score (nSPS) is 17.2. The van der Waals surface area contributed by atoms with Gasteiger partial charge in [0.2, 0.25) is 0 Å². The molecule has 10 nitrogen and oxygen atoms in total. The summed E-state index contributed by atoms with van der Waals surface area (Å²) in [6.45, 7) is 4.56. The predicted molar refractivity (Wildman–Crippen MR) is 126 cm³/mol. The molecule has 1 aliphatic heterocycles. The van der Waals surface area contributed by atoms with Crippen molar-refractivity contribution in [1.29, 1.82) is 0 Å². The third kappa shape index (κ3) is 4.35. The molecule has 0 aliphatic carbocycles. The number of halogens is 1. The molecular weight excluding hydrogens is 460 g/mol. The second-order valence-corrected chi connectivity index (χ2v) is 8.87. The van der Waals surface area contributed by atoms with E-state index in [0.29, 0.717) is 46.8 Å².